The highest BCUT2D eigenvalue weighted by atomic mass is 16.1. The lowest BCUT2D eigenvalue weighted by Crippen LogP contribution is -2.26. The molecule has 1 amide bonds. The van der Waals surface area contributed by atoms with Crippen LogP contribution in [0.5, 0.6) is 0 Å². The summed E-state index contributed by atoms with van der Waals surface area (Å²) in [5.41, 5.74) is 1.42. The number of hydrogen-bond donors (Lipinski definition) is 1. The number of rotatable bonds is 5. The molecule has 94 valence electrons. The Balaban J connectivity index is 2.18. The molecule has 2 heteroatoms. The topological polar surface area (TPSA) is 29.1 Å². The monoisotopic (exact) mass is 233 g/mol. The number of carbonyl (C=O) groups is 1. The molecule has 1 aromatic carbocycles. The molecule has 0 saturated carbocycles. The third-order valence-corrected chi connectivity index (χ3v) is 2.63. The molecule has 0 aromatic heterocycles. The van der Waals surface area contributed by atoms with Crippen molar-refractivity contribution in [3.63, 3.8) is 0 Å². The van der Waals surface area contributed by atoms with Crippen molar-refractivity contribution in [2.45, 2.75) is 40.0 Å². The Morgan fingerprint density at radius 2 is 1.82 bits per heavy atom. The molecule has 0 atom stereocenters. The quantitative estimate of drug-likeness (QED) is 0.778. The number of carbonyl (C=O) groups excluding carboxylic acids is 1. The summed E-state index contributed by atoms with van der Waals surface area (Å²) in [6, 6.07) is 9.85. The second-order valence-electron chi connectivity index (χ2n) is 5.68. The van der Waals surface area contributed by atoms with E-state index in [4.69, 9.17) is 0 Å². The second-order valence-corrected chi connectivity index (χ2v) is 5.68. The van der Waals surface area contributed by atoms with Gasteiger partial charge in [0.25, 0.3) is 0 Å². The van der Waals surface area contributed by atoms with Crippen molar-refractivity contribution < 1.29 is 4.79 Å². The van der Waals surface area contributed by atoms with Crippen molar-refractivity contribution in [2.24, 2.45) is 5.41 Å². The summed E-state index contributed by atoms with van der Waals surface area (Å²) >= 11 is 0. The standard InChI is InChI=1S/C15H23NO/c1-15(2,3)10-7-11-16-14(17)12-13-8-5-4-6-9-13/h4-6,8-9H,7,10-12H2,1-3H3,(H,16,17). The van der Waals surface area contributed by atoms with E-state index in [-0.39, 0.29) is 5.91 Å². The van der Waals surface area contributed by atoms with E-state index in [1.165, 1.54) is 0 Å². The highest BCUT2D eigenvalue weighted by Gasteiger charge is 2.09. The molecule has 0 aliphatic carbocycles. The highest BCUT2D eigenvalue weighted by Crippen LogP contribution is 2.19. The molecule has 0 radical (unpaired) electrons. The fourth-order valence-corrected chi connectivity index (χ4v) is 1.69. The fourth-order valence-electron chi connectivity index (χ4n) is 1.69. The Morgan fingerprint density at radius 1 is 1.18 bits per heavy atom. The molecule has 0 saturated heterocycles. The molecule has 1 aromatic rings. The number of benzene rings is 1. The third-order valence-electron chi connectivity index (χ3n) is 2.63. The van der Waals surface area contributed by atoms with Crippen molar-refractivity contribution in [1.29, 1.82) is 0 Å². The number of amides is 1. The normalized spacial score (nSPS) is 11.2. The van der Waals surface area contributed by atoms with Gasteiger partial charge in [0.05, 0.1) is 6.42 Å². The van der Waals surface area contributed by atoms with E-state index in [1.807, 2.05) is 30.3 Å². The summed E-state index contributed by atoms with van der Waals surface area (Å²) in [6.07, 6.45) is 2.67. The molecular formula is C15H23NO. The number of hydrogen-bond acceptors (Lipinski definition) is 1. The van der Waals surface area contributed by atoms with Crippen LogP contribution in [0.3, 0.4) is 0 Å². The van der Waals surface area contributed by atoms with Crippen LogP contribution in [0.2, 0.25) is 0 Å². The smallest absolute Gasteiger partial charge is 0.224 e. The predicted molar refractivity (Wildman–Crippen MR) is 71.8 cm³/mol. The van der Waals surface area contributed by atoms with Gasteiger partial charge in [0, 0.05) is 6.54 Å². The molecule has 0 spiro atoms. The maximum absolute atomic E-state index is 11.6. The van der Waals surface area contributed by atoms with E-state index in [0.29, 0.717) is 11.8 Å². The molecule has 0 bridgehead atoms. The summed E-state index contributed by atoms with van der Waals surface area (Å²) in [6.45, 7) is 7.44. The third kappa shape index (κ3) is 6.77. The van der Waals surface area contributed by atoms with E-state index in [1.54, 1.807) is 0 Å². The predicted octanol–water partition coefficient (Wildman–Crippen LogP) is 3.17. The van der Waals surface area contributed by atoms with E-state index in [2.05, 4.69) is 26.1 Å². The SMILES string of the molecule is CC(C)(C)CCCNC(=O)Cc1ccccc1. The Bertz CT molecular complexity index is 338. The largest absolute Gasteiger partial charge is 0.356 e. The molecular weight excluding hydrogens is 210 g/mol. The van der Waals surface area contributed by atoms with Crippen molar-refractivity contribution >= 4 is 5.91 Å². The highest BCUT2D eigenvalue weighted by molar-refractivity contribution is 5.78. The van der Waals surface area contributed by atoms with Gasteiger partial charge in [-0.3, -0.25) is 4.79 Å². The van der Waals surface area contributed by atoms with Crippen LogP contribution < -0.4 is 5.32 Å². The van der Waals surface area contributed by atoms with Crippen LogP contribution in [-0.2, 0) is 11.2 Å². The zero-order chi connectivity index (χ0) is 12.7. The Labute approximate surface area is 104 Å². The van der Waals surface area contributed by atoms with Crippen LogP contribution in [0.1, 0.15) is 39.2 Å². The van der Waals surface area contributed by atoms with E-state index in [0.717, 1.165) is 24.9 Å². The van der Waals surface area contributed by atoms with Crippen LogP contribution in [0.15, 0.2) is 30.3 Å². The van der Waals surface area contributed by atoms with Gasteiger partial charge < -0.3 is 5.32 Å². The zero-order valence-corrected chi connectivity index (χ0v) is 11.1. The maximum atomic E-state index is 11.6. The van der Waals surface area contributed by atoms with Gasteiger partial charge in [-0.05, 0) is 23.8 Å². The van der Waals surface area contributed by atoms with Gasteiger partial charge >= 0.3 is 0 Å². The first-order valence-electron chi connectivity index (χ1n) is 6.28. The molecule has 0 aliphatic rings. The summed E-state index contributed by atoms with van der Waals surface area (Å²) in [4.78, 5) is 11.6. The Hall–Kier alpha value is -1.31. The molecule has 0 unspecified atom stereocenters. The second kappa shape index (κ2) is 6.43. The van der Waals surface area contributed by atoms with Crippen LogP contribution in [0.25, 0.3) is 0 Å². The van der Waals surface area contributed by atoms with Crippen LogP contribution in [-0.4, -0.2) is 12.5 Å². The molecule has 0 fully saturated rings. The lowest BCUT2D eigenvalue weighted by Gasteiger charge is -2.17. The first-order valence-corrected chi connectivity index (χ1v) is 6.28. The molecule has 17 heavy (non-hydrogen) atoms. The van der Waals surface area contributed by atoms with Crippen LogP contribution >= 0.6 is 0 Å². The van der Waals surface area contributed by atoms with Crippen molar-refractivity contribution in [1.82, 2.24) is 5.32 Å². The maximum Gasteiger partial charge on any atom is 0.224 e. The summed E-state index contributed by atoms with van der Waals surface area (Å²) in [7, 11) is 0. The van der Waals surface area contributed by atoms with Gasteiger partial charge in [0.2, 0.25) is 5.91 Å². The fraction of sp³-hybridized carbons (Fsp3) is 0.533. The minimum Gasteiger partial charge on any atom is -0.356 e. The first kappa shape index (κ1) is 13.8. The lowest BCUT2D eigenvalue weighted by molar-refractivity contribution is -0.120. The zero-order valence-electron chi connectivity index (χ0n) is 11.1. The first-order chi connectivity index (χ1) is 7.97. The van der Waals surface area contributed by atoms with Gasteiger partial charge in [-0.2, -0.15) is 0 Å². The Kier molecular flexibility index (Phi) is 5.20. The average Bonchev–Trinajstić information content (AvgIpc) is 2.25. The minimum absolute atomic E-state index is 0.116. The van der Waals surface area contributed by atoms with E-state index < -0.39 is 0 Å². The molecule has 1 rings (SSSR count). The molecule has 0 aliphatic heterocycles. The minimum atomic E-state index is 0.116. The number of nitrogens with one attached hydrogen (secondary N) is 1. The van der Waals surface area contributed by atoms with Gasteiger partial charge in [0.15, 0.2) is 0 Å². The lowest BCUT2D eigenvalue weighted by atomic mass is 9.91. The summed E-state index contributed by atoms with van der Waals surface area (Å²) in [5, 5.41) is 2.96. The van der Waals surface area contributed by atoms with Gasteiger partial charge in [0.1, 0.15) is 0 Å². The van der Waals surface area contributed by atoms with E-state index >= 15 is 0 Å². The summed E-state index contributed by atoms with van der Waals surface area (Å²) < 4.78 is 0. The molecule has 1 N–H and O–H groups in total. The Morgan fingerprint density at radius 3 is 2.41 bits per heavy atom. The van der Waals surface area contributed by atoms with Crippen molar-refractivity contribution in [3.05, 3.63) is 35.9 Å². The molecule has 0 heterocycles. The van der Waals surface area contributed by atoms with E-state index in [9.17, 15) is 4.79 Å². The van der Waals surface area contributed by atoms with Gasteiger partial charge in [-0.15, -0.1) is 0 Å². The molecule has 2 nitrogen and oxygen atoms in total. The van der Waals surface area contributed by atoms with Crippen LogP contribution in [0, 0.1) is 5.41 Å². The van der Waals surface area contributed by atoms with Gasteiger partial charge in [-0.25, -0.2) is 0 Å². The van der Waals surface area contributed by atoms with Crippen molar-refractivity contribution in [2.75, 3.05) is 6.54 Å². The van der Waals surface area contributed by atoms with Crippen molar-refractivity contribution in [3.8, 4) is 0 Å². The average molecular weight is 233 g/mol. The van der Waals surface area contributed by atoms with Crippen LogP contribution in [0.4, 0.5) is 0 Å². The van der Waals surface area contributed by atoms with Gasteiger partial charge in [-0.1, -0.05) is 51.1 Å². The summed E-state index contributed by atoms with van der Waals surface area (Å²) in [5.74, 6) is 0.116.